The molecule has 0 radical (unpaired) electrons. The number of alkyl carbamates (subject to hydrolysis) is 1. The van der Waals surface area contributed by atoms with Crippen molar-refractivity contribution in [2.75, 3.05) is 20.1 Å². The van der Waals surface area contributed by atoms with Gasteiger partial charge in [-0.3, -0.25) is 0 Å². The third-order valence-electron chi connectivity index (χ3n) is 3.99. The summed E-state index contributed by atoms with van der Waals surface area (Å²) < 4.78 is 5.35. The molecule has 0 bridgehead atoms. The predicted molar refractivity (Wildman–Crippen MR) is 71.5 cm³/mol. The standard InChI is InChI=1S/C14H26N2O2/c1-13(2,3)18-12(17)15-14(4)6-10-8-16(5)9-11(10)7-14/h10-11H,6-9H2,1-5H3,(H,15,17)/t10-,11+,14?. The summed E-state index contributed by atoms with van der Waals surface area (Å²) in [5, 5.41) is 3.08. The van der Waals surface area contributed by atoms with Crippen molar-refractivity contribution in [3.63, 3.8) is 0 Å². The molecule has 0 aromatic heterocycles. The van der Waals surface area contributed by atoms with Gasteiger partial charge in [0.05, 0.1) is 0 Å². The Balaban J connectivity index is 1.89. The second-order valence-electron chi connectivity index (χ2n) is 7.34. The Morgan fingerprint density at radius 2 is 1.78 bits per heavy atom. The molecule has 2 fully saturated rings. The number of nitrogens with zero attached hydrogens (tertiary/aromatic N) is 1. The van der Waals surface area contributed by atoms with Gasteiger partial charge in [0.1, 0.15) is 5.60 Å². The van der Waals surface area contributed by atoms with Crippen molar-refractivity contribution in [2.24, 2.45) is 11.8 Å². The van der Waals surface area contributed by atoms with E-state index in [-0.39, 0.29) is 11.6 Å². The fraction of sp³-hybridized carbons (Fsp3) is 0.929. The van der Waals surface area contributed by atoms with Gasteiger partial charge in [-0.25, -0.2) is 4.79 Å². The molecular weight excluding hydrogens is 228 g/mol. The van der Waals surface area contributed by atoms with E-state index in [2.05, 4.69) is 24.2 Å². The lowest BCUT2D eigenvalue weighted by Crippen LogP contribution is -2.47. The molecule has 4 heteroatoms. The molecule has 1 saturated carbocycles. The number of rotatable bonds is 1. The normalized spacial score (nSPS) is 36.5. The molecule has 1 amide bonds. The molecule has 0 aromatic rings. The Morgan fingerprint density at radius 3 is 2.22 bits per heavy atom. The van der Waals surface area contributed by atoms with Gasteiger partial charge in [-0.2, -0.15) is 0 Å². The summed E-state index contributed by atoms with van der Waals surface area (Å²) in [7, 11) is 2.18. The van der Waals surface area contributed by atoms with Crippen LogP contribution in [0.25, 0.3) is 0 Å². The quantitative estimate of drug-likeness (QED) is 0.780. The van der Waals surface area contributed by atoms with Gasteiger partial charge in [-0.15, -0.1) is 0 Å². The van der Waals surface area contributed by atoms with Crippen LogP contribution in [0.15, 0.2) is 0 Å². The van der Waals surface area contributed by atoms with Gasteiger partial charge in [0.15, 0.2) is 0 Å². The maximum atomic E-state index is 11.9. The average Bonchev–Trinajstić information content (AvgIpc) is 2.52. The first-order valence-electron chi connectivity index (χ1n) is 6.87. The van der Waals surface area contributed by atoms with Gasteiger partial charge >= 0.3 is 6.09 Å². The monoisotopic (exact) mass is 254 g/mol. The Labute approximate surface area is 110 Å². The third kappa shape index (κ3) is 3.16. The Kier molecular flexibility index (Phi) is 3.34. The van der Waals surface area contributed by atoms with Gasteiger partial charge in [0, 0.05) is 18.6 Å². The number of nitrogens with one attached hydrogen (secondary N) is 1. The van der Waals surface area contributed by atoms with Crippen LogP contribution in [0.3, 0.4) is 0 Å². The summed E-state index contributed by atoms with van der Waals surface area (Å²) in [5.74, 6) is 1.46. The van der Waals surface area contributed by atoms with E-state index in [1.54, 1.807) is 0 Å². The minimum atomic E-state index is -0.421. The largest absolute Gasteiger partial charge is 0.444 e. The molecule has 104 valence electrons. The molecule has 1 saturated heterocycles. The van der Waals surface area contributed by atoms with Gasteiger partial charge in [-0.05, 0) is 59.4 Å². The van der Waals surface area contributed by atoms with E-state index in [1.807, 2.05) is 20.8 Å². The summed E-state index contributed by atoms with van der Waals surface area (Å²) in [4.78, 5) is 14.3. The zero-order valence-electron chi connectivity index (χ0n) is 12.2. The zero-order valence-corrected chi connectivity index (χ0v) is 12.2. The fourth-order valence-corrected chi connectivity index (χ4v) is 3.53. The van der Waals surface area contributed by atoms with Crippen LogP contribution in [-0.2, 0) is 4.74 Å². The summed E-state index contributed by atoms with van der Waals surface area (Å²) in [6, 6.07) is 0. The number of carbonyl (C=O) groups is 1. The number of fused-ring (bicyclic) bond motifs is 1. The highest BCUT2D eigenvalue weighted by Crippen LogP contribution is 2.43. The number of hydrogen-bond donors (Lipinski definition) is 1. The lowest BCUT2D eigenvalue weighted by Gasteiger charge is -2.29. The smallest absolute Gasteiger partial charge is 0.408 e. The van der Waals surface area contributed by atoms with E-state index >= 15 is 0 Å². The van der Waals surface area contributed by atoms with E-state index in [1.165, 1.54) is 0 Å². The second kappa shape index (κ2) is 4.41. The van der Waals surface area contributed by atoms with Crippen molar-refractivity contribution in [3.05, 3.63) is 0 Å². The third-order valence-corrected chi connectivity index (χ3v) is 3.99. The molecule has 1 unspecified atom stereocenters. The molecule has 2 rings (SSSR count). The first kappa shape index (κ1) is 13.7. The first-order valence-corrected chi connectivity index (χ1v) is 6.87. The van der Waals surface area contributed by atoms with Crippen LogP contribution in [-0.4, -0.2) is 42.3 Å². The number of likely N-dealkylation sites (tertiary alicyclic amines) is 1. The highest BCUT2D eigenvalue weighted by Gasteiger charge is 2.46. The Hall–Kier alpha value is -0.770. The second-order valence-corrected chi connectivity index (χ2v) is 7.34. The molecule has 1 N–H and O–H groups in total. The van der Waals surface area contributed by atoms with Crippen LogP contribution in [0.2, 0.25) is 0 Å². The molecule has 0 spiro atoms. The molecule has 1 aliphatic carbocycles. The molecular formula is C14H26N2O2. The van der Waals surface area contributed by atoms with Crippen LogP contribution in [0.4, 0.5) is 4.79 Å². The van der Waals surface area contributed by atoms with Gasteiger partial charge in [-0.1, -0.05) is 0 Å². The summed E-state index contributed by atoms with van der Waals surface area (Å²) >= 11 is 0. The van der Waals surface area contributed by atoms with Gasteiger partial charge in [0.2, 0.25) is 0 Å². The number of amides is 1. The van der Waals surface area contributed by atoms with Crippen LogP contribution in [0.5, 0.6) is 0 Å². The van der Waals surface area contributed by atoms with Crippen molar-refractivity contribution >= 4 is 6.09 Å². The van der Waals surface area contributed by atoms with Crippen molar-refractivity contribution in [3.8, 4) is 0 Å². The van der Waals surface area contributed by atoms with Crippen LogP contribution in [0, 0.1) is 11.8 Å². The van der Waals surface area contributed by atoms with Crippen LogP contribution >= 0.6 is 0 Å². The molecule has 1 heterocycles. The maximum Gasteiger partial charge on any atom is 0.408 e. The average molecular weight is 254 g/mol. The summed E-state index contributed by atoms with van der Waals surface area (Å²) in [5.41, 5.74) is -0.506. The Bertz CT molecular complexity index is 321. The van der Waals surface area contributed by atoms with Gasteiger partial charge in [0.25, 0.3) is 0 Å². The molecule has 0 aromatic carbocycles. The van der Waals surface area contributed by atoms with Crippen molar-refractivity contribution in [1.82, 2.24) is 10.2 Å². The topological polar surface area (TPSA) is 41.6 Å². The van der Waals surface area contributed by atoms with Crippen molar-refractivity contribution < 1.29 is 9.53 Å². The highest BCUT2D eigenvalue weighted by molar-refractivity contribution is 5.68. The zero-order chi connectivity index (χ0) is 13.6. The van der Waals surface area contributed by atoms with E-state index in [4.69, 9.17) is 4.74 Å². The highest BCUT2D eigenvalue weighted by atomic mass is 16.6. The Morgan fingerprint density at radius 1 is 1.28 bits per heavy atom. The van der Waals surface area contributed by atoms with E-state index in [9.17, 15) is 4.79 Å². The van der Waals surface area contributed by atoms with Gasteiger partial charge < -0.3 is 15.0 Å². The lowest BCUT2D eigenvalue weighted by molar-refractivity contribution is 0.0460. The molecule has 3 atom stereocenters. The molecule has 1 aliphatic heterocycles. The maximum absolute atomic E-state index is 11.9. The first-order chi connectivity index (χ1) is 8.17. The molecule has 2 aliphatic rings. The fourth-order valence-electron chi connectivity index (χ4n) is 3.53. The number of carbonyl (C=O) groups excluding carboxylic acids is 1. The number of ether oxygens (including phenoxy) is 1. The summed E-state index contributed by atoms with van der Waals surface area (Å²) in [6.07, 6.45) is 1.86. The van der Waals surface area contributed by atoms with Crippen molar-refractivity contribution in [2.45, 2.75) is 51.7 Å². The molecule has 4 nitrogen and oxygen atoms in total. The van der Waals surface area contributed by atoms with E-state index < -0.39 is 5.60 Å². The lowest BCUT2D eigenvalue weighted by atomic mass is 9.98. The SMILES string of the molecule is CN1C[C@@H]2CC(C)(NC(=O)OC(C)(C)C)C[C@@H]2C1. The molecule has 18 heavy (non-hydrogen) atoms. The van der Waals surface area contributed by atoms with E-state index in [0.717, 1.165) is 37.8 Å². The summed E-state index contributed by atoms with van der Waals surface area (Å²) in [6.45, 7) is 10.2. The predicted octanol–water partition coefficient (Wildman–Crippen LogP) is 2.24. The van der Waals surface area contributed by atoms with Crippen LogP contribution < -0.4 is 5.32 Å². The minimum Gasteiger partial charge on any atom is -0.444 e. The van der Waals surface area contributed by atoms with Crippen LogP contribution in [0.1, 0.15) is 40.5 Å². The van der Waals surface area contributed by atoms with Crippen molar-refractivity contribution in [1.29, 1.82) is 0 Å². The number of hydrogen-bond acceptors (Lipinski definition) is 3. The minimum absolute atomic E-state index is 0.0844. The van der Waals surface area contributed by atoms with E-state index in [0.29, 0.717) is 0 Å².